The number of rotatable bonds is 7. The van der Waals surface area contributed by atoms with Gasteiger partial charge in [-0.3, -0.25) is 9.59 Å². The zero-order chi connectivity index (χ0) is 22.5. The molecule has 1 N–H and O–H groups in total. The molecule has 3 aliphatic rings. The second kappa shape index (κ2) is 7.48. The number of nitrogens with one attached hydrogen (secondary N) is 1. The number of fused-ring (bicyclic) bond motifs is 1. The molecule has 3 saturated carbocycles. The average molecular weight is 452 g/mol. The van der Waals surface area contributed by atoms with Crippen LogP contribution in [0.1, 0.15) is 41.6 Å². The number of amides is 1. The summed E-state index contributed by atoms with van der Waals surface area (Å²) in [5.74, 6) is 0.545. The number of halogens is 1. The minimum Gasteiger partial charge on any atom is -0.486 e. The Morgan fingerprint density at radius 3 is 2.62 bits per heavy atom. The van der Waals surface area contributed by atoms with Gasteiger partial charge in [-0.1, -0.05) is 11.6 Å². The van der Waals surface area contributed by atoms with Crippen molar-refractivity contribution >= 4 is 34.3 Å². The molecule has 3 fully saturated rings. The predicted octanol–water partition coefficient (Wildman–Crippen LogP) is 4.45. The molecule has 6 nitrogen and oxygen atoms in total. The Bertz CT molecular complexity index is 1290. The fourth-order valence-corrected chi connectivity index (χ4v) is 5.30. The summed E-state index contributed by atoms with van der Waals surface area (Å²) in [5.41, 5.74) is 1.22. The van der Waals surface area contributed by atoms with Crippen molar-refractivity contribution in [1.29, 1.82) is 0 Å². The van der Waals surface area contributed by atoms with E-state index in [4.69, 9.17) is 20.8 Å². The number of aryl methyl sites for hydroxylation is 1. The highest BCUT2D eigenvalue weighted by Gasteiger charge is 2.68. The van der Waals surface area contributed by atoms with Crippen LogP contribution in [-0.4, -0.2) is 23.8 Å². The van der Waals surface area contributed by atoms with Gasteiger partial charge in [-0.2, -0.15) is 0 Å². The average Bonchev–Trinajstić information content (AvgIpc) is 2.71. The molecule has 0 aliphatic heterocycles. The Morgan fingerprint density at radius 2 is 1.88 bits per heavy atom. The number of Topliss-reactive ketones (excluding diaryl/α,β-unsaturated/α-hetero) is 1. The van der Waals surface area contributed by atoms with Crippen molar-refractivity contribution < 1.29 is 18.7 Å². The van der Waals surface area contributed by atoms with E-state index in [9.17, 15) is 14.4 Å². The number of ketones is 1. The lowest BCUT2D eigenvalue weighted by atomic mass is 9.38. The third-order valence-corrected chi connectivity index (χ3v) is 6.93. The van der Waals surface area contributed by atoms with E-state index in [0.717, 1.165) is 24.8 Å². The molecule has 32 heavy (non-hydrogen) atoms. The van der Waals surface area contributed by atoms with Crippen LogP contribution in [0.25, 0.3) is 11.0 Å². The summed E-state index contributed by atoms with van der Waals surface area (Å²) in [6.45, 7) is 1.93. The van der Waals surface area contributed by atoms with Gasteiger partial charge in [-0.25, -0.2) is 4.79 Å². The first-order valence-corrected chi connectivity index (χ1v) is 10.9. The SMILES string of the molecule is Cc1cc(OCC(=O)CC23CC(NC(=O)c4ccc5oc(=O)ccc5c4)(C2)C3)ccc1Cl. The van der Waals surface area contributed by atoms with E-state index in [-0.39, 0.29) is 29.3 Å². The van der Waals surface area contributed by atoms with Crippen LogP contribution in [0.4, 0.5) is 0 Å². The molecule has 1 heterocycles. The van der Waals surface area contributed by atoms with Crippen molar-refractivity contribution in [3.8, 4) is 5.75 Å². The van der Waals surface area contributed by atoms with Gasteiger partial charge in [0.15, 0.2) is 5.78 Å². The zero-order valence-electron chi connectivity index (χ0n) is 17.6. The molecule has 3 aromatic rings. The fraction of sp³-hybridized carbons (Fsp3) is 0.320. The Morgan fingerprint density at radius 1 is 1.09 bits per heavy atom. The summed E-state index contributed by atoms with van der Waals surface area (Å²) in [4.78, 5) is 36.5. The minimum atomic E-state index is -0.419. The Labute approximate surface area is 189 Å². The van der Waals surface area contributed by atoms with Crippen LogP contribution < -0.4 is 15.7 Å². The lowest BCUT2D eigenvalue weighted by Crippen LogP contribution is -2.75. The van der Waals surface area contributed by atoms with Crippen LogP contribution in [0.5, 0.6) is 5.75 Å². The molecule has 0 radical (unpaired) electrons. The molecule has 0 atom stereocenters. The molecule has 0 unspecified atom stereocenters. The zero-order valence-corrected chi connectivity index (χ0v) is 18.3. The number of benzene rings is 2. The molecule has 2 aromatic carbocycles. The van der Waals surface area contributed by atoms with Crippen LogP contribution in [-0.2, 0) is 4.79 Å². The summed E-state index contributed by atoms with van der Waals surface area (Å²) in [7, 11) is 0. The van der Waals surface area contributed by atoms with E-state index in [0.29, 0.717) is 33.7 Å². The maximum atomic E-state index is 12.7. The summed E-state index contributed by atoms with van der Waals surface area (Å²) in [6, 6.07) is 13.3. The van der Waals surface area contributed by atoms with E-state index >= 15 is 0 Å². The lowest BCUT2D eigenvalue weighted by Gasteiger charge is -2.70. The third kappa shape index (κ3) is 3.79. The number of hydrogen-bond acceptors (Lipinski definition) is 5. The molecule has 1 amide bonds. The molecule has 164 valence electrons. The van der Waals surface area contributed by atoms with Crippen molar-refractivity contribution in [3.05, 3.63) is 75.1 Å². The van der Waals surface area contributed by atoms with Crippen LogP contribution in [0.3, 0.4) is 0 Å². The van der Waals surface area contributed by atoms with E-state index < -0.39 is 5.63 Å². The quantitative estimate of drug-likeness (QED) is 0.536. The van der Waals surface area contributed by atoms with Crippen LogP contribution in [0, 0.1) is 12.3 Å². The van der Waals surface area contributed by atoms with Crippen molar-refractivity contribution in [2.45, 2.75) is 38.1 Å². The highest BCUT2D eigenvalue weighted by Crippen LogP contribution is 2.69. The van der Waals surface area contributed by atoms with Gasteiger partial charge in [0.1, 0.15) is 17.9 Å². The van der Waals surface area contributed by atoms with E-state index in [1.807, 2.05) is 13.0 Å². The Hall–Kier alpha value is -3.12. The molecule has 1 aromatic heterocycles. The maximum Gasteiger partial charge on any atom is 0.336 e. The van der Waals surface area contributed by atoms with Crippen molar-refractivity contribution in [2.75, 3.05) is 6.61 Å². The summed E-state index contributed by atoms with van der Waals surface area (Å²) < 4.78 is 10.7. The first kappa shape index (κ1) is 20.8. The van der Waals surface area contributed by atoms with Gasteiger partial charge in [0.05, 0.1) is 0 Å². The number of hydrogen-bond donors (Lipinski definition) is 1. The minimum absolute atomic E-state index is 0.0174. The summed E-state index contributed by atoms with van der Waals surface area (Å²) in [6.07, 6.45) is 2.88. The number of carbonyl (C=O) groups is 2. The highest BCUT2D eigenvalue weighted by molar-refractivity contribution is 6.31. The first-order chi connectivity index (χ1) is 15.2. The van der Waals surface area contributed by atoms with E-state index in [2.05, 4.69) is 5.32 Å². The van der Waals surface area contributed by atoms with Crippen LogP contribution in [0.15, 0.2) is 57.7 Å². The second-order valence-electron chi connectivity index (χ2n) is 9.19. The summed E-state index contributed by atoms with van der Waals surface area (Å²) >= 11 is 6.01. The topological polar surface area (TPSA) is 85.6 Å². The van der Waals surface area contributed by atoms with Gasteiger partial charge < -0.3 is 14.5 Å². The van der Waals surface area contributed by atoms with E-state index in [1.165, 1.54) is 6.07 Å². The largest absolute Gasteiger partial charge is 0.486 e. The molecule has 2 bridgehead atoms. The monoisotopic (exact) mass is 451 g/mol. The van der Waals surface area contributed by atoms with Gasteiger partial charge in [-0.15, -0.1) is 0 Å². The van der Waals surface area contributed by atoms with Crippen molar-refractivity contribution in [2.24, 2.45) is 5.41 Å². The van der Waals surface area contributed by atoms with Crippen LogP contribution in [0.2, 0.25) is 5.02 Å². The van der Waals surface area contributed by atoms with Crippen molar-refractivity contribution in [3.63, 3.8) is 0 Å². The molecular weight excluding hydrogens is 430 g/mol. The van der Waals surface area contributed by atoms with Gasteiger partial charge in [0, 0.05) is 34.0 Å². The van der Waals surface area contributed by atoms with Gasteiger partial charge in [0.2, 0.25) is 0 Å². The fourth-order valence-electron chi connectivity index (χ4n) is 5.18. The van der Waals surface area contributed by atoms with Gasteiger partial charge in [-0.05, 0) is 79.6 Å². The normalized spacial score (nSPS) is 23.2. The molecule has 6 rings (SSSR count). The number of carbonyl (C=O) groups excluding carboxylic acids is 2. The van der Waals surface area contributed by atoms with Gasteiger partial charge >= 0.3 is 5.63 Å². The molecule has 0 spiro atoms. The predicted molar refractivity (Wildman–Crippen MR) is 120 cm³/mol. The Balaban J connectivity index is 1.13. The Kier molecular flexibility index (Phi) is 4.86. The van der Waals surface area contributed by atoms with Gasteiger partial charge in [0.25, 0.3) is 5.91 Å². The number of ether oxygens (including phenoxy) is 1. The van der Waals surface area contributed by atoms with Crippen LogP contribution >= 0.6 is 11.6 Å². The third-order valence-electron chi connectivity index (χ3n) is 6.50. The molecule has 0 saturated heterocycles. The summed E-state index contributed by atoms with van der Waals surface area (Å²) in [5, 5.41) is 4.50. The molecule has 7 heteroatoms. The smallest absolute Gasteiger partial charge is 0.336 e. The lowest BCUT2D eigenvalue weighted by molar-refractivity contribution is -0.162. The highest BCUT2D eigenvalue weighted by atomic mass is 35.5. The first-order valence-electron chi connectivity index (χ1n) is 10.5. The van der Waals surface area contributed by atoms with E-state index in [1.54, 1.807) is 36.4 Å². The standard InChI is InChI=1S/C25H22ClNO5/c1-15-8-19(4-5-20(15)26)31-11-18(28)10-24-12-25(13-24,14-24)27-23(30)17-2-6-21-16(9-17)3-7-22(29)32-21/h2-9H,10-14H2,1H3,(H,27,30). The molecular formula is C25H22ClNO5. The van der Waals surface area contributed by atoms with Crippen molar-refractivity contribution in [1.82, 2.24) is 5.32 Å². The molecule has 3 aliphatic carbocycles. The maximum absolute atomic E-state index is 12.7. The second-order valence-corrected chi connectivity index (χ2v) is 9.59.